The number of rotatable bonds is 8. The van der Waals surface area contributed by atoms with Crippen LogP contribution in [0.1, 0.15) is 49.2 Å². The molecule has 0 bridgehead atoms. The van der Waals surface area contributed by atoms with E-state index in [-0.39, 0.29) is 23.5 Å². The van der Waals surface area contributed by atoms with Crippen LogP contribution in [0.3, 0.4) is 0 Å². The van der Waals surface area contributed by atoms with Gasteiger partial charge in [0.15, 0.2) is 0 Å². The molecule has 0 aliphatic heterocycles. The zero-order valence-corrected chi connectivity index (χ0v) is 18.6. The molecule has 0 aliphatic carbocycles. The Balaban J connectivity index is 2.50. The van der Waals surface area contributed by atoms with Crippen LogP contribution in [-0.2, 0) is 22.9 Å². The summed E-state index contributed by atoms with van der Waals surface area (Å²) in [6.07, 6.45) is 1.24. The Hall–Kier alpha value is -1.96. The molecule has 0 aliphatic rings. The summed E-state index contributed by atoms with van der Waals surface area (Å²) in [5, 5.41) is 3.26. The van der Waals surface area contributed by atoms with Crippen LogP contribution in [0, 0.1) is 5.82 Å². The van der Waals surface area contributed by atoms with Gasteiger partial charge in [-0.1, -0.05) is 45.4 Å². The van der Waals surface area contributed by atoms with Gasteiger partial charge in [-0.15, -0.1) is 0 Å². The van der Waals surface area contributed by atoms with Gasteiger partial charge in [-0.3, -0.25) is 4.79 Å². The van der Waals surface area contributed by atoms with Gasteiger partial charge in [0.05, 0.1) is 10.5 Å². The van der Waals surface area contributed by atoms with Crippen molar-refractivity contribution in [2.75, 3.05) is 18.4 Å². The normalized spacial score (nSPS) is 11.7. The van der Waals surface area contributed by atoms with Crippen LogP contribution in [0.5, 0.6) is 0 Å². The number of carbonyl (C=O) groups excluding carboxylic acids is 1. The smallest absolute Gasteiger partial charge is 0.258 e. The standard InChI is InChI=1S/C21H26ClFN2O3S/c1-5-14-9-11-18(22)16(6-2)20(14)24-21(26)17-13-15(10-12-19(17)23)29(27,28)25(7-3)8-4/h9-13H,5-8H2,1-4H3,(H,24,26). The molecule has 158 valence electrons. The second-order valence-electron chi connectivity index (χ2n) is 6.45. The predicted octanol–water partition coefficient (Wildman–Crippen LogP) is 4.89. The van der Waals surface area contributed by atoms with Crippen molar-refractivity contribution in [3.8, 4) is 0 Å². The van der Waals surface area contributed by atoms with Gasteiger partial charge in [0, 0.05) is 23.8 Å². The number of nitrogens with one attached hydrogen (secondary N) is 1. The molecule has 2 aromatic rings. The largest absolute Gasteiger partial charge is 0.321 e. The lowest BCUT2D eigenvalue weighted by atomic mass is 10.0. The summed E-state index contributed by atoms with van der Waals surface area (Å²) < 4.78 is 41.2. The molecule has 0 unspecified atom stereocenters. The van der Waals surface area contributed by atoms with E-state index in [0.717, 1.165) is 23.3 Å². The summed E-state index contributed by atoms with van der Waals surface area (Å²) in [6, 6.07) is 6.85. The van der Waals surface area contributed by atoms with Crippen molar-refractivity contribution in [1.82, 2.24) is 4.31 Å². The molecule has 1 amide bonds. The summed E-state index contributed by atoms with van der Waals surface area (Å²) in [7, 11) is -3.81. The number of anilines is 1. The maximum absolute atomic E-state index is 14.4. The van der Waals surface area contributed by atoms with Gasteiger partial charge < -0.3 is 5.32 Å². The molecule has 2 aromatic carbocycles. The minimum Gasteiger partial charge on any atom is -0.321 e. The Morgan fingerprint density at radius 1 is 1.07 bits per heavy atom. The van der Waals surface area contributed by atoms with Crippen molar-refractivity contribution in [3.63, 3.8) is 0 Å². The molecule has 0 heterocycles. The summed E-state index contributed by atoms with van der Waals surface area (Å²) in [4.78, 5) is 12.7. The lowest BCUT2D eigenvalue weighted by molar-refractivity contribution is 0.102. The fourth-order valence-corrected chi connectivity index (χ4v) is 4.98. The zero-order chi connectivity index (χ0) is 21.8. The molecule has 0 spiro atoms. The number of carbonyl (C=O) groups is 1. The van der Waals surface area contributed by atoms with Crippen LogP contribution < -0.4 is 5.32 Å². The number of hydrogen-bond donors (Lipinski definition) is 1. The Kier molecular flexibility index (Phi) is 7.80. The van der Waals surface area contributed by atoms with E-state index in [4.69, 9.17) is 11.6 Å². The third-order valence-corrected chi connectivity index (χ3v) is 7.24. The van der Waals surface area contributed by atoms with E-state index < -0.39 is 21.7 Å². The number of halogens is 2. The van der Waals surface area contributed by atoms with E-state index in [9.17, 15) is 17.6 Å². The summed E-state index contributed by atoms with van der Waals surface area (Å²) in [5.41, 5.74) is 1.84. The number of amides is 1. The highest BCUT2D eigenvalue weighted by molar-refractivity contribution is 7.89. The first-order chi connectivity index (χ1) is 13.7. The van der Waals surface area contributed by atoms with Gasteiger partial charge in [-0.05, 0) is 48.2 Å². The zero-order valence-electron chi connectivity index (χ0n) is 17.1. The quantitative estimate of drug-likeness (QED) is 0.635. The van der Waals surface area contributed by atoms with Crippen molar-refractivity contribution in [1.29, 1.82) is 0 Å². The Bertz CT molecular complexity index is 1010. The van der Waals surface area contributed by atoms with E-state index >= 15 is 0 Å². The molecule has 5 nitrogen and oxygen atoms in total. The lowest BCUT2D eigenvalue weighted by Crippen LogP contribution is -2.31. The van der Waals surface area contributed by atoms with Gasteiger partial charge in [0.25, 0.3) is 5.91 Å². The molecule has 0 atom stereocenters. The minimum atomic E-state index is -3.81. The summed E-state index contributed by atoms with van der Waals surface area (Å²) in [6.45, 7) is 7.84. The highest BCUT2D eigenvalue weighted by Crippen LogP contribution is 2.30. The van der Waals surface area contributed by atoms with Crippen molar-refractivity contribution in [2.45, 2.75) is 45.4 Å². The SMILES string of the molecule is CCc1ccc(Cl)c(CC)c1NC(=O)c1cc(S(=O)(=O)N(CC)CC)ccc1F. The van der Waals surface area contributed by atoms with Crippen molar-refractivity contribution in [2.24, 2.45) is 0 Å². The topological polar surface area (TPSA) is 66.5 Å². The first-order valence-electron chi connectivity index (χ1n) is 9.62. The first-order valence-corrected chi connectivity index (χ1v) is 11.4. The van der Waals surface area contributed by atoms with Crippen molar-refractivity contribution < 1.29 is 17.6 Å². The molecule has 8 heteroatoms. The maximum Gasteiger partial charge on any atom is 0.258 e. The third kappa shape index (κ3) is 4.79. The Morgan fingerprint density at radius 3 is 2.28 bits per heavy atom. The minimum absolute atomic E-state index is 0.120. The highest BCUT2D eigenvalue weighted by Gasteiger charge is 2.25. The lowest BCUT2D eigenvalue weighted by Gasteiger charge is -2.19. The molecule has 0 saturated carbocycles. The molecule has 0 fully saturated rings. The maximum atomic E-state index is 14.4. The monoisotopic (exact) mass is 440 g/mol. The number of benzene rings is 2. The first kappa shape index (κ1) is 23.3. The molecule has 1 N–H and O–H groups in total. The number of aryl methyl sites for hydroxylation is 1. The molecular formula is C21H26ClFN2O3S. The number of hydrogen-bond acceptors (Lipinski definition) is 3. The van der Waals surface area contributed by atoms with Crippen LogP contribution in [0.4, 0.5) is 10.1 Å². The van der Waals surface area contributed by atoms with E-state index in [1.54, 1.807) is 19.9 Å². The number of sulfonamides is 1. The summed E-state index contributed by atoms with van der Waals surface area (Å²) >= 11 is 6.26. The van der Waals surface area contributed by atoms with Gasteiger partial charge in [0.2, 0.25) is 10.0 Å². The second-order valence-corrected chi connectivity index (χ2v) is 8.80. The average molecular weight is 441 g/mol. The van der Waals surface area contributed by atoms with E-state index in [0.29, 0.717) is 23.6 Å². The van der Waals surface area contributed by atoms with Gasteiger partial charge in [0.1, 0.15) is 5.82 Å². The van der Waals surface area contributed by atoms with Crippen LogP contribution >= 0.6 is 11.6 Å². The van der Waals surface area contributed by atoms with Crippen molar-refractivity contribution in [3.05, 3.63) is 57.9 Å². The Labute approximate surface area is 176 Å². The second kappa shape index (κ2) is 9.69. The van der Waals surface area contributed by atoms with Crippen LogP contribution in [0.25, 0.3) is 0 Å². The fourth-order valence-electron chi connectivity index (χ4n) is 3.20. The van der Waals surface area contributed by atoms with Crippen LogP contribution in [-0.4, -0.2) is 31.7 Å². The fraction of sp³-hybridized carbons (Fsp3) is 0.381. The van der Waals surface area contributed by atoms with Gasteiger partial charge in [-0.25, -0.2) is 12.8 Å². The third-order valence-electron chi connectivity index (χ3n) is 4.84. The molecule has 0 radical (unpaired) electrons. The van der Waals surface area contributed by atoms with Crippen LogP contribution in [0.15, 0.2) is 35.2 Å². The molecule has 29 heavy (non-hydrogen) atoms. The number of nitrogens with zero attached hydrogens (tertiary/aromatic N) is 1. The van der Waals surface area contributed by atoms with E-state index in [1.807, 2.05) is 19.9 Å². The van der Waals surface area contributed by atoms with Gasteiger partial charge in [-0.2, -0.15) is 4.31 Å². The summed E-state index contributed by atoms with van der Waals surface area (Å²) in [5.74, 6) is -1.51. The van der Waals surface area contributed by atoms with Gasteiger partial charge >= 0.3 is 0 Å². The molecule has 0 saturated heterocycles. The van der Waals surface area contributed by atoms with E-state index in [2.05, 4.69) is 5.32 Å². The molecule has 2 rings (SSSR count). The van der Waals surface area contributed by atoms with Crippen molar-refractivity contribution >= 4 is 33.2 Å². The average Bonchev–Trinajstić information content (AvgIpc) is 2.69. The van der Waals surface area contributed by atoms with Crippen LogP contribution in [0.2, 0.25) is 5.02 Å². The predicted molar refractivity (Wildman–Crippen MR) is 115 cm³/mol. The molecule has 0 aromatic heterocycles. The van der Waals surface area contributed by atoms with E-state index in [1.165, 1.54) is 10.4 Å². The molecular weight excluding hydrogens is 415 g/mol. The highest BCUT2D eigenvalue weighted by atomic mass is 35.5. The Morgan fingerprint density at radius 2 is 1.72 bits per heavy atom.